The van der Waals surface area contributed by atoms with Gasteiger partial charge in [-0.2, -0.15) is 0 Å². The number of amides is 2. The molecule has 5 nitrogen and oxygen atoms in total. The van der Waals surface area contributed by atoms with Crippen molar-refractivity contribution < 1.29 is 14.3 Å². The predicted octanol–water partition coefficient (Wildman–Crippen LogP) is 4.31. The molecule has 0 unspecified atom stereocenters. The summed E-state index contributed by atoms with van der Waals surface area (Å²) in [5, 5.41) is 3.70. The summed E-state index contributed by atoms with van der Waals surface area (Å²) in [4.78, 5) is 26.5. The molecule has 0 aromatic heterocycles. The molecule has 0 spiro atoms. The van der Waals surface area contributed by atoms with E-state index in [1.54, 1.807) is 18.2 Å². The van der Waals surface area contributed by atoms with Crippen LogP contribution in [-0.4, -0.2) is 29.9 Å². The number of hydrogen-bond donors (Lipinski definition) is 1. The molecule has 1 fully saturated rings. The van der Waals surface area contributed by atoms with Gasteiger partial charge in [0.1, 0.15) is 5.75 Å². The Bertz CT molecular complexity index is 928. The fourth-order valence-corrected chi connectivity index (χ4v) is 3.81. The molecule has 1 heterocycles. The molecule has 1 aliphatic carbocycles. The quantitative estimate of drug-likeness (QED) is 0.786. The number of nitrogens with one attached hydrogen (secondary N) is 1. The first kappa shape index (κ1) is 19.1. The largest absolute Gasteiger partial charge is 0.482 e. The number of ether oxygens (including phenoxy) is 1. The highest BCUT2D eigenvalue weighted by Crippen LogP contribution is 2.33. The van der Waals surface area contributed by atoms with Crippen LogP contribution in [-0.2, 0) is 22.6 Å². The molecule has 28 heavy (non-hydrogen) atoms. The summed E-state index contributed by atoms with van der Waals surface area (Å²) >= 11 is 11.9. The second-order valence-corrected chi connectivity index (χ2v) is 8.02. The van der Waals surface area contributed by atoms with Gasteiger partial charge in [0.25, 0.3) is 5.91 Å². The first-order chi connectivity index (χ1) is 13.5. The number of benzene rings is 2. The average Bonchev–Trinajstić information content (AvgIpc) is 3.51. The van der Waals surface area contributed by atoms with Crippen LogP contribution < -0.4 is 10.1 Å². The molecule has 146 valence electrons. The fraction of sp³-hybridized carbons (Fsp3) is 0.333. The van der Waals surface area contributed by atoms with Crippen molar-refractivity contribution >= 4 is 40.7 Å². The van der Waals surface area contributed by atoms with E-state index >= 15 is 0 Å². The van der Waals surface area contributed by atoms with Crippen molar-refractivity contribution in [2.24, 2.45) is 5.92 Å². The third kappa shape index (κ3) is 4.42. The number of anilines is 1. The Morgan fingerprint density at radius 1 is 1.11 bits per heavy atom. The Morgan fingerprint density at radius 2 is 1.93 bits per heavy atom. The van der Waals surface area contributed by atoms with Crippen molar-refractivity contribution in [1.29, 1.82) is 0 Å². The van der Waals surface area contributed by atoms with Crippen molar-refractivity contribution in [3.63, 3.8) is 0 Å². The molecule has 4 rings (SSSR count). The van der Waals surface area contributed by atoms with Crippen LogP contribution in [0.4, 0.5) is 5.69 Å². The zero-order valence-corrected chi connectivity index (χ0v) is 16.7. The minimum atomic E-state index is -0.285. The molecular weight excluding hydrogens is 399 g/mol. The van der Waals surface area contributed by atoms with Gasteiger partial charge in [0.2, 0.25) is 5.91 Å². The van der Waals surface area contributed by atoms with Crippen molar-refractivity contribution in [3.05, 3.63) is 57.6 Å². The summed E-state index contributed by atoms with van der Waals surface area (Å²) in [5.74, 6) is 0.600. The monoisotopic (exact) mass is 418 g/mol. The van der Waals surface area contributed by atoms with Crippen molar-refractivity contribution in [2.45, 2.75) is 25.8 Å². The van der Waals surface area contributed by atoms with Gasteiger partial charge in [-0.1, -0.05) is 29.3 Å². The van der Waals surface area contributed by atoms with Gasteiger partial charge in [-0.25, -0.2) is 0 Å². The SMILES string of the molecule is O=C(COc1ccc(Cl)cc1Cl)Nc1ccc2c(c1)CN(C(=O)C1CC1)CC2. The Labute approximate surface area is 173 Å². The van der Waals surface area contributed by atoms with Crippen molar-refractivity contribution in [3.8, 4) is 5.75 Å². The highest BCUT2D eigenvalue weighted by Gasteiger charge is 2.34. The van der Waals surface area contributed by atoms with Gasteiger partial charge in [-0.3, -0.25) is 9.59 Å². The van der Waals surface area contributed by atoms with Gasteiger partial charge in [0.05, 0.1) is 5.02 Å². The number of rotatable bonds is 5. The normalized spacial score (nSPS) is 15.7. The Hall–Kier alpha value is -2.24. The summed E-state index contributed by atoms with van der Waals surface area (Å²) in [5.41, 5.74) is 3.00. The second-order valence-electron chi connectivity index (χ2n) is 7.18. The Morgan fingerprint density at radius 3 is 2.68 bits per heavy atom. The third-order valence-electron chi connectivity index (χ3n) is 4.99. The lowest BCUT2D eigenvalue weighted by atomic mass is 9.98. The lowest BCUT2D eigenvalue weighted by Gasteiger charge is -2.29. The van der Waals surface area contributed by atoms with E-state index in [2.05, 4.69) is 5.32 Å². The molecule has 2 amide bonds. The summed E-state index contributed by atoms with van der Waals surface area (Å²) in [6.45, 7) is 1.21. The minimum Gasteiger partial charge on any atom is -0.482 e. The van der Waals surface area contributed by atoms with Crippen LogP contribution in [0.5, 0.6) is 5.75 Å². The summed E-state index contributed by atoms with van der Waals surface area (Å²) in [7, 11) is 0. The molecule has 0 saturated heterocycles. The highest BCUT2D eigenvalue weighted by molar-refractivity contribution is 6.35. The topological polar surface area (TPSA) is 58.6 Å². The molecule has 0 atom stereocenters. The van der Waals surface area contributed by atoms with Gasteiger partial charge in [-0.05, 0) is 60.7 Å². The number of nitrogens with zero attached hydrogens (tertiary/aromatic N) is 1. The maximum absolute atomic E-state index is 12.3. The summed E-state index contributed by atoms with van der Waals surface area (Å²) in [6, 6.07) is 10.7. The molecule has 1 N–H and O–H groups in total. The van der Waals surface area contributed by atoms with Crippen LogP contribution >= 0.6 is 23.2 Å². The number of carbonyl (C=O) groups is 2. The van der Waals surface area contributed by atoms with E-state index in [-0.39, 0.29) is 24.3 Å². The van der Waals surface area contributed by atoms with Crippen LogP contribution in [0.3, 0.4) is 0 Å². The van der Waals surface area contributed by atoms with E-state index in [4.69, 9.17) is 27.9 Å². The first-order valence-corrected chi connectivity index (χ1v) is 10.0. The molecule has 2 aromatic carbocycles. The molecular formula is C21H20Cl2N2O3. The van der Waals surface area contributed by atoms with E-state index in [1.807, 2.05) is 23.1 Å². The van der Waals surface area contributed by atoms with E-state index in [9.17, 15) is 9.59 Å². The highest BCUT2D eigenvalue weighted by atomic mass is 35.5. The lowest BCUT2D eigenvalue weighted by molar-refractivity contribution is -0.133. The van der Waals surface area contributed by atoms with Gasteiger partial charge < -0.3 is 15.0 Å². The molecule has 2 aromatic rings. The van der Waals surface area contributed by atoms with Crippen LogP contribution in [0.2, 0.25) is 10.0 Å². The number of halogens is 2. The van der Waals surface area contributed by atoms with Crippen LogP contribution in [0.25, 0.3) is 0 Å². The number of fused-ring (bicyclic) bond motifs is 1. The first-order valence-electron chi connectivity index (χ1n) is 9.28. The van der Waals surface area contributed by atoms with Gasteiger partial charge >= 0.3 is 0 Å². The molecule has 0 radical (unpaired) electrons. The number of carbonyl (C=O) groups excluding carboxylic acids is 2. The molecule has 1 saturated carbocycles. The van der Waals surface area contributed by atoms with Crippen molar-refractivity contribution in [2.75, 3.05) is 18.5 Å². The van der Waals surface area contributed by atoms with E-state index in [0.717, 1.165) is 31.4 Å². The lowest BCUT2D eigenvalue weighted by Crippen LogP contribution is -2.36. The smallest absolute Gasteiger partial charge is 0.262 e. The summed E-state index contributed by atoms with van der Waals surface area (Å²) < 4.78 is 5.46. The zero-order valence-electron chi connectivity index (χ0n) is 15.2. The molecule has 0 bridgehead atoms. The molecule has 1 aliphatic heterocycles. The standard InChI is InChI=1S/C21H20Cl2N2O3/c22-16-4-6-19(18(23)10-16)28-12-20(26)24-17-5-3-13-7-8-25(11-15(13)9-17)21(27)14-1-2-14/h3-6,9-10,14H,1-2,7-8,11-12H2,(H,24,26). The zero-order chi connectivity index (χ0) is 19.7. The van der Waals surface area contributed by atoms with E-state index in [0.29, 0.717) is 28.0 Å². The maximum Gasteiger partial charge on any atom is 0.262 e. The molecule has 2 aliphatic rings. The van der Waals surface area contributed by atoms with Crippen LogP contribution in [0.1, 0.15) is 24.0 Å². The minimum absolute atomic E-state index is 0.162. The predicted molar refractivity (Wildman–Crippen MR) is 109 cm³/mol. The third-order valence-corrected chi connectivity index (χ3v) is 5.52. The Balaban J connectivity index is 1.36. The van der Waals surface area contributed by atoms with Gasteiger partial charge in [0, 0.05) is 29.7 Å². The Kier molecular flexibility index (Phi) is 5.47. The maximum atomic E-state index is 12.3. The van der Waals surface area contributed by atoms with E-state index < -0.39 is 0 Å². The van der Waals surface area contributed by atoms with Crippen molar-refractivity contribution in [1.82, 2.24) is 4.90 Å². The molecule has 7 heteroatoms. The van der Waals surface area contributed by atoms with Gasteiger partial charge in [0.15, 0.2) is 6.61 Å². The van der Waals surface area contributed by atoms with Crippen LogP contribution in [0, 0.1) is 5.92 Å². The van der Waals surface area contributed by atoms with Gasteiger partial charge in [-0.15, -0.1) is 0 Å². The summed E-state index contributed by atoms with van der Waals surface area (Å²) in [6.07, 6.45) is 2.87. The van der Waals surface area contributed by atoms with E-state index in [1.165, 1.54) is 5.56 Å². The fourth-order valence-electron chi connectivity index (χ4n) is 3.34. The average molecular weight is 419 g/mol. The second kappa shape index (κ2) is 8.02. The number of hydrogen-bond acceptors (Lipinski definition) is 3. The van der Waals surface area contributed by atoms with Crippen LogP contribution in [0.15, 0.2) is 36.4 Å².